The van der Waals surface area contributed by atoms with Crippen LogP contribution < -0.4 is 5.32 Å². The third kappa shape index (κ3) is 5.74. The van der Waals surface area contributed by atoms with E-state index in [2.05, 4.69) is 10.3 Å². The number of oxazole rings is 1. The lowest BCUT2D eigenvalue weighted by molar-refractivity contribution is -0.122. The van der Waals surface area contributed by atoms with Gasteiger partial charge in [0, 0.05) is 35.6 Å². The second-order valence-corrected chi connectivity index (χ2v) is 8.53. The largest absolute Gasteiger partial charge is 0.449 e. The minimum atomic E-state index is -1.31. The molecule has 1 heterocycles. The number of aromatic nitrogens is 1. The van der Waals surface area contributed by atoms with E-state index in [9.17, 15) is 20.1 Å². The van der Waals surface area contributed by atoms with Gasteiger partial charge in [0.15, 0.2) is 5.89 Å². The Kier molecular flexibility index (Phi) is 7.50. The van der Waals surface area contributed by atoms with Crippen molar-refractivity contribution in [3.05, 3.63) is 66.2 Å². The summed E-state index contributed by atoms with van der Waals surface area (Å²) < 4.78 is 5.26. The Morgan fingerprint density at radius 1 is 1.16 bits per heavy atom. The van der Waals surface area contributed by atoms with Crippen LogP contribution in [-0.2, 0) is 4.79 Å². The van der Waals surface area contributed by atoms with Crippen molar-refractivity contribution in [2.24, 2.45) is 0 Å². The van der Waals surface area contributed by atoms with Gasteiger partial charge in [0.1, 0.15) is 12.0 Å². The van der Waals surface area contributed by atoms with Crippen molar-refractivity contribution in [3.63, 3.8) is 0 Å². The second kappa shape index (κ2) is 10.1. The van der Waals surface area contributed by atoms with Crippen LogP contribution in [0.15, 0.2) is 69.0 Å². The molecule has 1 aromatic heterocycles. The maximum Gasteiger partial charge on any atom is 0.217 e. The predicted octanol–water partition coefficient (Wildman–Crippen LogP) is 3.08. The van der Waals surface area contributed by atoms with Gasteiger partial charge in [-0.25, -0.2) is 4.98 Å². The van der Waals surface area contributed by atoms with Gasteiger partial charge in [0.05, 0.1) is 24.9 Å². The van der Waals surface area contributed by atoms with E-state index in [4.69, 9.17) is 4.42 Å². The van der Waals surface area contributed by atoms with Gasteiger partial charge in [-0.1, -0.05) is 42.1 Å². The third-order valence-corrected chi connectivity index (χ3v) is 6.01. The van der Waals surface area contributed by atoms with E-state index in [-0.39, 0.29) is 12.3 Å². The summed E-state index contributed by atoms with van der Waals surface area (Å²) in [5, 5.41) is 32.9. The number of aryl methyl sites for hydroxylation is 1. The zero-order chi connectivity index (χ0) is 22.4. The number of rotatable bonds is 9. The number of hydrogen-bond donors (Lipinski definition) is 4. The lowest BCUT2D eigenvalue weighted by Gasteiger charge is -2.33. The molecule has 0 aliphatic carbocycles. The second-order valence-electron chi connectivity index (χ2n) is 7.41. The summed E-state index contributed by atoms with van der Waals surface area (Å²) in [5.41, 5.74) is 1.06. The highest BCUT2D eigenvalue weighted by atomic mass is 32.2. The molecule has 31 heavy (non-hydrogen) atoms. The van der Waals surface area contributed by atoms with Gasteiger partial charge < -0.3 is 25.1 Å². The van der Waals surface area contributed by atoms with Gasteiger partial charge in [-0.3, -0.25) is 4.79 Å². The number of nitrogens with zero attached hydrogens (tertiary/aromatic N) is 1. The first-order valence-corrected chi connectivity index (χ1v) is 10.7. The van der Waals surface area contributed by atoms with Crippen molar-refractivity contribution in [2.75, 3.05) is 13.2 Å². The Morgan fingerprint density at radius 3 is 2.42 bits per heavy atom. The first-order chi connectivity index (χ1) is 14.9. The average molecular weight is 443 g/mol. The predicted molar refractivity (Wildman–Crippen MR) is 118 cm³/mol. The van der Waals surface area contributed by atoms with Gasteiger partial charge in [-0.05, 0) is 23.8 Å². The van der Waals surface area contributed by atoms with E-state index in [1.54, 1.807) is 19.3 Å². The lowest BCUT2D eigenvalue weighted by Crippen LogP contribution is -2.54. The number of aliphatic hydroxyl groups excluding tert-OH is 3. The smallest absolute Gasteiger partial charge is 0.217 e. The molecule has 1 amide bonds. The highest BCUT2D eigenvalue weighted by Crippen LogP contribution is 2.36. The maximum atomic E-state index is 11.5. The molecule has 3 rings (SSSR count). The Labute approximate surface area is 185 Å². The van der Waals surface area contributed by atoms with Crippen molar-refractivity contribution in [1.29, 1.82) is 0 Å². The molecule has 3 aromatic rings. The molecule has 0 fully saturated rings. The summed E-state index contributed by atoms with van der Waals surface area (Å²) in [6.07, 6.45) is 0.598. The van der Waals surface area contributed by atoms with Gasteiger partial charge in [-0.2, -0.15) is 0 Å². The summed E-state index contributed by atoms with van der Waals surface area (Å²) in [4.78, 5) is 17.6. The molecular formula is C23H26N2O5S. The van der Waals surface area contributed by atoms with Crippen LogP contribution in [0.5, 0.6) is 0 Å². The van der Waals surface area contributed by atoms with Crippen LogP contribution in [0, 0.1) is 6.92 Å². The van der Waals surface area contributed by atoms with Crippen molar-refractivity contribution in [2.45, 2.75) is 41.7 Å². The molecular weight excluding hydrogens is 416 g/mol. The summed E-state index contributed by atoms with van der Waals surface area (Å²) in [6, 6.07) is 15.2. The molecule has 0 saturated carbocycles. The fourth-order valence-electron chi connectivity index (χ4n) is 3.33. The number of hydrogen-bond acceptors (Lipinski definition) is 7. The average Bonchev–Trinajstić information content (AvgIpc) is 3.20. The first kappa shape index (κ1) is 23.0. The molecule has 1 atom stereocenters. The molecule has 8 heteroatoms. The van der Waals surface area contributed by atoms with Crippen LogP contribution in [0.3, 0.4) is 0 Å². The van der Waals surface area contributed by atoms with Crippen molar-refractivity contribution in [3.8, 4) is 11.3 Å². The standard InChI is InChI=1S/C23H26N2O5S/c1-15(28)25-23(13-26,14-27)11-21(29)19-5-3-4-6-22(19)31-18-9-7-17(8-10-18)20-12-30-16(2)24-20/h3-10,12,21,26-27,29H,11,13-14H2,1-2H3,(H,25,28). The SMILES string of the molecule is CC(=O)NC(CO)(CO)CC(O)c1ccccc1Sc1ccc(-c2coc(C)n2)cc1. The maximum absolute atomic E-state index is 11.5. The van der Waals surface area contributed by atoms with E-state index in [1.165, 1.54) is 18.7 Å². The molecule has 0 radical (unpaired) electrons. The molecule has 2 aromatic carbocycles. The minimum absolute atomic E-state index is 0.0262. The summed E-state index contributed by atoms with van der Waals surface area (Å²) in [6.45, 7) is 2.13. The quantitative estimate of drug-likeness (QED) is 0.402. The van der Waals surface area contributed by atoms with Crippen molar-refractivity contribution >= 4 is 17.7 Å². The van der Waals surface area contributed by atoms with Crippen LogP contribution in [-0.4, -0.2) is 45.0 Å². The summed E-state index contributed by atoms with van der Waals surface area (Å²) >= 11 is 1.49. The molecule has 0 spiro atoms. The van der Waals surface area contributed by atoms with Crippen LogP contribution in [0.25, 0.3) is 11.3 Å². The van der Waals surface area contributed by atoms with Gasteiger partial charge in [0.25, 0.3) is 0 Å². The molecule has 164 valence electrons. The highest BCUT2D eigenvalue weighted by molar-refractivity contribution is 7.99. The lowest BCUT2D eigenvalue weighted by atomic mass is 9.90. The van der Waals surface area contributed by atoms with E-state index >= 15 is 0 Å². The van der Waals surface area contributed by atoms with Crippen LogP contribution >= 0.6 is 11.8 Å². The fraction of sp³-hybridized carbons (Fsp3) is 0.304. The van der Waals surface area contributed by atoms with Gasteiger partial charge >= 0.3 is 0 Å². The number of carbonyl (C=O) groups is 1. The Bertz CT molecular complexity index is 1010. The van der Waals surface area contributed by atoms with Crippen LogP contribution in [0.1, 0.15) is 30.9 Å². The van der Waals surface area contributed by atoms with Crippen LogP contribution in [0.2, 0.25) is 0 Å². The third-order valence-electron chi connectivity index (χ3n) is 4.91. The molecule has 1 unspecified atom stereocenters. The Morgan fingerprint density at radius 2 is 1.84 bits per heavy atom. The zero-order valence-corrected chi connectivity index (χ0v) is 18.2. The molecule has 0 saturated heterocycles. The van der Waals surface area contributed by atoms with E-state index < -0.39 is 24.9 Å². The fourth-order valence-corrected chi connectivity index (χ4v) is 4.32. The van der Waals surface area contributed by atoms with Crippen LogP contribution in [0.4, 0.5) is 0 Å². The van der Waals surface area contributed by atoms with E-state index in [1.807, 2.05) is 42.5 Å². The Balaban J connectivity index is 1.79. The molecule has 4 N–H and O–H groups in total. The van der Waals surface area contributed by atoms with Crippen molar-refractivity contribution in [1.82, 2.24) is 10.3 Å². The normalized spacial score (nSPS) is 12.5. The first-order valence-electron chi connectivity index (χ1n) is 9.84. The molecule has 0 aliphatic heterocycles. The van der Waals surface area contributed by atoms with Crippen molar-refractivity contribution < 1.29 is 24.5 Å². The van der Waals surface area contributed by atoms with E-state index in [0.29, 0.717) is 11.5 Å². The number of aliphatic hydroxyl groups is 3. The van der Waals surface area contributed by atoms with Gasteiger partial charge in [0.2, 0.25) is 5.91 Å². The number of benzene rings is 2. The monoisotopic (exact) mass is 442 g/mol. The van der Waals surface area contributed by atoms with Gasteiger partial charge in [-0.15, -0.1) is 0 Å². The zero-order valence-electron chi connectivity index (χ0n) is 17.4. The molecule has 7 nitrogen and oxygen atoms in total. The summed E-state index contributed by atoms with van der Waals surface area (Å²) in [7, 11) is 0. The summed E-state index contributed by atoms with van der Waals surface area (Å²) in [5.74, 6) is 0.220. The number of amides is 1. The van der Waals surface area contributed by atoms with E-state index in [0.717, 1.165) is 21.0 Å². The molecule has 0 aliphatic rings. The number of nitrogens with one attached hydrogen (secondary N) is 1. The highest BCUT2D eigenvalue weighted by Gasteiger charge is 2.33. The molecule has 0 bridgehead atoms. The topological polar surface area (TPSA) is 116 Å². The Hall–Kier alpha value is -2.65. The minimum Gasteiger partial charge on any atom is -0.449 e. The number of carbonyl (C=O) groups excluding carboxylic acids is 1.